The molecule has 3 N–H and O–H groups in total. The standard InChI is InChI=1S/C13H9Br2ClN2O2/c14-7-2-4-11(9(5-7)13(17)18-19)20-12-6-8(15)1-3-10(12)16/h1-6,19H,(H2,17,18). The van der Waals surface area contributed by atoms with Crippen LogP contribution in [0.15, 0.2) is 50.5 Å². The predicted molar refractivity (Wildman–Crippen MR) is 85.9 cm³/mol. The van der Waals surface area contributed by atoms with E-state index in [-0.39, 0.29) is 5.84 Å². The molecule has 0 atom stereocenters. The molecule has 0 saturated heterocycles. The van der Waals surface area contributed by atoms with Crippen LogP contribution in [0.2, 0.25) is 5.02 Å². The van der Waals surface area contributed by atoms with Crippen molar-refractivity contribution < 1.29 is 9.94 Å². The molecule has 20 heavy (non-hydrogen) atoms. The number of hydrogen-bond donors (Lipinski definition) is 2. The van der Waals surface area contributed by atoms with Gasteiger partial charge in [0.2, 0.25) is 0 Å². The lowest BCUT2D eigenvalue weighted by Gasteiger charge is -2.12. The Bertz CT molecular complexity index is 677. The van der Waals surface area contributed by atoms with E-state index in [1.54, 1.807) is 36.4 Å². The Hall–Kier alpha value is -1.24. The molecule has 0 heterocycles. The van der Waals surface area contributed by atoms with Crippen molar-refractivity contribution in [3.8, 4) is 11.5 Å². The van der Waals surface area contributed by atoms with Crippen LogP contribution in [0, 0.1) is 0 Å². The Morgan fingerprint density at radius 3 is 2.45 bits per heavy atom. The SMILES string of the molecule is N/C(=N/O)c1cc(Br)ccc1Oc1cc(Br)ccc1Cl. The van der Waals surface area contributed by atoms with Crippen molar-refractivity contribution in [3.05, 3.63) is 55.9 Å². The zero-order valence-corrected chi connectivity index (χ0v) is 13.9. The minimum absolute atomic E-state index is 0.0487. The number of ether oxygens (including phenoxy) is 1. The van der Waals surface area contributed by atoms with Gasteiger partial charge >= 0.3 is 0 Å². The quantitative estimate of drug-likeness (QED) is 0.326. The average molecular weight is 420 g/mol. The smallest absolute Gasteiger partial charge is 0.173 e. The second-order valence-corrected chi connectivity index (χ2v) is 6.04. The Kier molecular flexibility index (Phi) is 4.91. The summed E-state index contributed by atoms with van der Waals surface area (Å²) in [6, 6.07) is 10.4. The number of oxime groups is 1. The lowest BCUT2D eigenvalue weighted by atomic mass is 10.2. The van der Waals surface area contributed by atoms with Gasteiger partial charge in [-0.1, -0.05) is 48.6 Å². The van der Waals surface area contributed by atoms with Crippen molar-refractivity contribution in [2.45, 2.75) is 0 Å². The molecule has 0 aliphatic heterocycles. The van der Waals surface area contributed by atoms with Crippen LogP contribution in [-0.4, -0.2) is 11.0 Å². The van der Waals surface area contributed by atoms with Crippen LogP contribution < -0.4 is 10.5 Å². The van der Waals surface area contributed by atoms with Crippen molar-refractivity contribution >= 4 is 49.3 Å². The highest BCUT2D eigenvalue weighted by Crippen LogP contribution is 2.34. The second kappa shape index (κ2) is 6.47. The van der Waals surface area contributed by atoms with Gasteiger partial charge in [0.1, 0.15) is 11.5 Å². The molecule has 0 amide bonds. The van der Waals surface area contributed by atoms with Gasteiger partial charge < -0.3 is 15.7 Å². The fraction of sp³-hybridized carbons (Fsp3) is 0. The molecule has 0 fully saturated rings. The molecule has 2 rings (SSSR count). The molecule has 0 bridgehead atoms. The first-order chi connectivity index (χ1) is 9.51. The Morgan fingerprint density at radius 1 is 1.10 bits per heavy atom. The maximum absolute atomic E-state index is 8.83. The van der Waals surface area contributed by atoms with Crippen molar-refractivity contribution in [1.82, 2.24) is 0 Å². The molecule has 0 aliphatic rings. The number of nitrogens with two attached hydrogens (primary N) is 1. The van der Waals surface area contributed by atoms with Gasteiger partial charge in [-0.3, -0.25) is 0 Å². The largest absolute Gasteiger partial charge is 0.455 e. The molecule has 0 saturated carbocycles. The first-order valence-corrected chi connectivity index (χ1v) is 7.38. The minimum atomic E-state index is -0.0487. The van der Waals surface area contributed by atoms with Crippen LogP contribution in [0.3, 0.4) is 0 Å². The third-order valence-corrected chi connectivity index (χ3v) is 3.74. The molecular weight excluding hydrogens is 411 g/mol. The number of amidine groups is 1. The van der Waals surface area contributed by atoms with Crippen molar-refractivity contribution in [2.24, 2.45) is 10.9 Å². The van der Waals surface area contributed by atoms with E-state index in [1.807, 2.05) is 0 Å². The van der Waals surface area contributed by atoms with Gasteiger partial charge in [0.25, 0.3) is 0 Å². The number of halogens is 3. The molecule has 0 radical (unpaired) electrons. The lowest BCUT2D eigenvalue weighted by Crippen LogP contribution is -2.14. The van der Waals surface area contributed by atoms with E-state index >= 15 is 0 Å². The third kappa shape index (κ3) is 3.45. The summed E-state index contributed by atoms with van der Waals surface area (Å²) in [5.74, 6) is 0.853. The van der Waals surface area contributed by atoms with Gasteiger partial charge in [-0.15, -0.1) is 0 Å². The first kappa shape index (κ1) is 15.2. The normalized spacial score (nSPS) is 11.4. The summed E-state index contributed by atoms with van der Waals surface area (Å²) < 4.78 is 7.36. The van der Waals surface area contributed by atoms with Gasteiger partial charge in [-0.2, -0.15) is 0 Å². The Labute approximate surface area is 137 Å². The molecule has 0 unspecified atom stereocenters. The molecule has 2 aromatic rings. The van der Waals surface area contributed by atoms with Crippen LogP contribution in [0.25, 0.3) is 0 Å². The van der Waals surface area contributed by atoms with E-state index < -0.39 is 0 Å². The summed E-state index contributed by atoms with van der Waals surface area (Å²) in [5, 5.41) is 12.3. The van der Waals surface area contributed by atoms with Gasteiger partial charge in [0.05, 0.1) is 10.6 Å². The van der Waals surface area contributed by atoms with Crippen molar-refractivity contribution in [3.63, 3.8) is 0 Å². The monoisotopic (exact) mass is 418 g/mol. The van der Waals surface area contributed by atoms with Gasteiger partial charge in [0.15, 0.2) is 5.84 Å². The number of nitrogens with zero attached hydrogens (tertiary/aromatic N) is 1. The number of rotatable bonds is 3. The van der Waals surface area contributed by atoms with Crippen molar-refractivity contribution in [1.29, 1.82) is 0 Å². The van der Waals surface area contributed by atoms with E-state index in [0.29, 0.717) is 22.1 Å². The summed E-state index contributed by atoms with van der Waals surface area (Å²) in [4.78, 5) is 0. The zero-order valence-electron chi connectivity index (χ0n) is 9.98. The van der Waals surface area contributed by atoms with E-state index in [1.165, 1.54) is 0 Å². The number of hydrogen-bond acceptors (Lipinski definition) is 3. The predicted octanol–water partition coefficient (Wildman–Crippen LogP) is 4.75. The summed E-state index contributed by atoms with van der Waals surface area (Å²) in [6.45, 7) is 0. The maximum Gasteiger partial charge on any atom is 0.173 e. The Morgan fingerprint density at radius 2 is 1.75 bits per heavy atom. The van der Waals surface area contributed by atoms with E-state index in [9.17, 15) is 0 Å². The minimum Gasteiger partial charge on any atom is -0.455 e. The summed E-state index contributed by atoms with van der Waals surface area (Å²) in [6.07, 6.45) is 0. The topological polar surface area (TPSA) is 67.8 Å². The highest BCUT2D eigenvalue weighted by atomic mass is 79.9. The van der Waals surface area contributed by atoms with E-state index in [2.05, 4.69) is 37.0 Å². The molecule has 0 aliphatic carbocycles. The van der Waals surface area contributed by atoms with Crippen molar-refractivity contribution in [2.75, 3.05) is 0 Å². The van der Waals surface area contributed by atoms with Crippen LogP contribution in [0.1, 0.15) is 5.56 Å². The second-order valence-electron chi connectivity index (χ2n) is 3.80. The van der Waals surface area contributed by atoms with Gasteiger partial charge in [-0.05, 0) is 36.4 Å². The summed E-state index contributed by atoms with van der Waals surface area (Å²) >= 11 is 12.7. The number of benzene rings is 2. The fourth-order valence-electron chi connectivity index (χ4n) is 1.52. The first-order valence-electron chi connectivity index (χ1n) is 5.41. The van der Waals surface area contributed by atoms with Crippen LogP contribution in [0.4, 0.5) is 0 Å². The highest BCUT2D eigenvalue weighted by Gasteiger charge is 2.12. The lowest BCUT2D eigenvalue weighted by molar-refractivity contribution is 0.318. The summed E-state index contributed by atoms with van der Waals surface area (Å²) in [7, 11) is 0. The molecule has 2 aromatic carbocycles. The van der Waals surface area contributed by atoms with Crippen LogP contribution in [-0.2, 0) is 0 Å². The van der Waals surface area contributed by atoms with E-state index in [0.717, 1.165) is 8.95 Å². The van der Waals surface area contributed by atoms with Gasteiger partial charge in [0, 0.05) is 8.95 Å². The molecular formula is C13H9Br2ClN2O2. The molecule has 104 valence electrons. The van der Waals surface area contributed by atoms with Crippen LogP contribution in [0.5, 0.6) is 11.5 Å². The van der Waals surface area contributed by atoms with Gasteiger partial charge in [-0.25, -0.2) is 0 Å². The third-order valence-electron chi connectivity index (χ3n) is 2.44. The molecule has 0 spiro atoms. The average Bonchev–Trinajstić information content (AvgIpc) is 2.43. The Balaban J connectivity index is 2.46. The highest BCUT2D eigenvalue weighted by molar-refractivity contribution is 9.10. The fourth-order valence-corrected chi connectivity index (χ4v) is 2.38. The maximum atomic E-state index is 8.83. The summed E-state index contributed by atoms with van der Waals surface area (Å²) in [5.41, 5.74) is 6.10. The molecule has 0 aromatic heterocycles. The molecule has 7 heteroatoms. The van der Waals surface area contributed by atoms with Crippen LogP contribution >= 0.6 is 43.5 Å². The zero-order chi connectivity index (χ0) is 14.7. The van der Waals surface area contributed by atoms with E-state index in [4.69, 9.17) is 27.3 Å². The molecule has 4 nitrogen and oxygen atoms in total.